The van der Waals surface area contributed by atoms with E-state index in [0.29, 0.717) is 45.3 Å². The molecule has 196 valence electrons. The zero-order valence-electron chi connectivity index (χ0n) is 20.9. The van der Waals surface area contributed by atoms with Gasteiger partial charge in [0.15, 0.2) is 28.1 Å². The first-order valence-corrected chi connectivity index (χ1v) is 13.2. The molecule has 2 aromatic heterocycles. The van der Waals surface area contributed by atoms with Crippen LogP contribution in [0.5, 0.6) is 11.5 Å². The second kappa shape index (κ2) is 10.5. The minimum Gasteiger partial charge on any atom is -0.503 e. The molecule has 0 saturated carbocycles. The van der Waals surface area contributed by atoms with Gasteiger partial charge in [-0.2, -0.15) is 0 Å². The highest BCUT2D eigenvalue weighted by molar-refractivity contribution is 7.22. The number of methoxy groups -OCH3 is 1. The molecule has 5 rings (SSSR count). The topological polar surface area (TPSA) is 102 Å². The molecule has 3 heterocycles. The maximum Gasteiger partial charge on any atom is 0.296 e. The Balaban J connectivity index is 1.61. The van der Waals surface area contributed by atoms with E-state index in [-0.39, 0.29) is 11.3 Å². The van der Waals surface area contributed by atoms with Crippen LogP contribution in [0, 0.1) is 5.92 Å². The van der Waals surface area contributed by atoms with Crippen LogP contribution in [0.1, 0.15) is 42.4 Å². The van der Waals surface area contributed by atoms with Crippen molar-refractivity contribution in [2.24, 2.45) is 5.92 Å². The molecule has 2 aromatic carbocycles. The molecule has 0 spiro atoms. The van der Waals surface area contributed by atoms with Gasteiger partial charge in [-0.1, -0.05) is 42.9 Å². The number of amides is 1. The molecule has 1 aliphatic heterocycles. The maximum absolute atomic E-state index is 13.5. The molecule has 1 amide bonds. The summed E-state index contributed by atoms with van der Waals surface area (Å²) in [6.07, 6.45) is 2.23. The number of hydrogen-bond acceptors (Lipinski definition) is 8. The summed E-state index contributed by atoms with van der Waals surface area (Å²) in [5.74, 6) is -0.557. The number of Topliss-reactive ketones (excluding diaryl/α,β-unsaturated/α-hetero) is 1. The Bertz CT molecular complexity index is 1540. The zero-order chi connectivity index (χ0) is 27.0. The molecule has 1 atom stereocenters. The number of ether oxygens (including phenoxy) is 2. The van der Waals surface area contributed by atoms with Crippen LogP contribution in [0.25, 0.3) is 10.2 Å². The number of aromatic nitrogens is 1. The van der Waals surface area contributed by atoms with Crippen molar-refractivity contribution in [2.75, 3.05) is 18.6 Å². The first-order valence-electron chi connectivity index (χ1n) is 12.0. The Labute approximate surface area is 228 Å². The molecule has 0 saturated heterocycles. The summed E-state index contributed by atoms with van der Waals surface area (Å²) < 4.78 is 17.6. The van der Waals surface area contributed by atoms with Crippen LogP contribution in [0.3, 0.4) is 0 Å². The quantitative estimate of drug-likeness (QED) is 0.229. The highest BCUT2D eigenvalue weighted by Crippen LogP contribution is 2.46. The fourth-order valence-corrected chi connectivity index (χ4v) is 5.53. The molecule has 1 N–H and O–H groups in total. The van der Waals surface area contributed by atoms with E-state index in [1.165, 1.54) is 35.7 Å². The van der Waals surface area contributed by atoms with E-state index in [0.717, 1.165) is 11.1 Å². The fraction of sp³-hybridized carbons (Fsp3) is 0.250. The number of hydrogen-bond donors (Lipinski definition) is 1. The van der Waals surface area contributed by atoms with Crippen LogP contribution in [-0.4, -0.2) is 35.5 Å². The van der Waals surface area contributed by atoms with Crippen molar-refractivity contribution in [3.63, 3.8) is 0 Å². The monoisotopic (exact) mass is 552 g/mol. The number of aliphatic hydroxyl groups excluding tert-OH is 1. The average molecular weight is 553 g/mol. The first kappa shape index (κ1) is 25.8. The molecule has 1 aliphatic rings. The second-order valence-corrected chi connectivity index (χ2v) is 10.6. The van der Waals surface area contributed by atoms with Gasteiger partial charge in [0.2, 0.25) is 5.78 Å². The van der Waals surface area contributed by atoms with Crippen molar-refractivity contribution in [3.05, 3.63) is 82.5 Å². The van der Waals surface area contributed by atoms with Gasteiger partial charge >= 0.3 is 0 Å². The number of carbonyl (C=O) groups is 2. The number of anilines is 1. The van der Waals surface area contributed by atoms with Gasteiger partial charge in [0.25, 0.3) is 5.91 Å². The van der Waals surface area contributed by atoms with E-state index >= 15 is 0 Å². The number of halogens is 1. The van der Waals surface area contributed by atoms with E-state index in [4.69, 9.17) is 25.5 Å². The molecule has 0 aliphatic carbocycles. The van der Waals surface area contributed by atoms with Gasteiger partial charge in [0, 0.05) is 5.02 Å². The molecule has 10 heteroatoms. The van der Waals surface area contributed by atoms with Crippen LogP contribution in [0.15, 0.2) is 70.5 Å². The average Bonchev–Trinajstić information content (AvgIpc) is 3.62. The van der Waals surface area contributed by atoms with Crippen LogP contribution >= 0.6 is 22.9 Å². The summed E-state index contributed by atoms with van der Waals surface area (Å²) >= 11 is 7.39. The van der Waals surface area contributed by atoms with Crippen molar-refractivity contribution in [3.8, 4) is 11.5 Å². The Morgan fingerprint density at radius 3 is 2.74 bits per heavy atom. The summed E-state index contributed by atoms with van der Waals surface area (Å²) in [6.45, 7) is 4.74. The van der Waals surface area contributed by atoms with E-state index in [9.17, 15) is 14.7 Å². The molecule has 0 radical (unpaired) electrons. The number of aliphatic hydroxyl groups is 1. The lowest BCUT2D eigenvalue weighted by Gasteiger charge is -2.25. The Morgan fingerprint density at radius 2 is 2.03 bits per heavy atom. The zero-order valence-corrected chi connectivity index (χ0v) is 22.5. The van der Waals surface area contributed by atoms with Gasteiger partial charge in [0.1, 0.15) is 0 Å². The molecule has 0 bridgehead atoms. The Kier molecular flexibility index (Phi) is 7.14. The predicted molar refractivity (Wildman–Crippen MR) is 145 cm³/mol. The number of nitrogens with zero attached hydrogens (tertiary/aromatic N) is 2. The summed E-state index contributed by atoms with van der Waals surface area (Å²) in [5, 5.41) is 11.8. The molecule has 1 unspecified atom stereocenters. The van der Waals surface area contributed by atoms with Crippen molar-refractivity contribution < 1.29 is 28.6 Å². The SMILES string of the molecule is COc1cc(C2C(C(=O)c3ccco3)=C(O)C(=O)N2c2nc3ccc(Cl)cc3s2)ccc1OCCC(C)C. The highest BCUT2D eigenvalue weighted by Gasteiger charge is 2.46. The van der Waals surface area contributed by atoms with Crippen molar-refractivity contribution in [1.82, 2.24) is 4.98 Å². The molecular formula is C28H25ClN2O6S. The van der Waals surface area contributed by atoms with Gasteiger partial charge in [-0.15, -0.1) is 0 Å². The smallest absolute Gasteiger partial charge is 0.296 e. The number of fused-ring (bicyclic) bond motifs is 1. The lowest BCUT2D eigenvalue weighted by Crippen LogP contribution is -2.31. The first-order chi connectivity index (χ1) is 18.3. The highest BCUT2D eigenvalue weighted by atomic mass is 35.5. The van der Waals surface area contributed by atoms with Crippen LogP contribution in [-0.2, 0) is 4.79 Å². The second-order valence-electron chi connectivity index (χ2n) is 9.20. The largest absolute Gasteiger partial charge is 0.503 e. The van der Waals surface area contributed by atoms with Crippen LogP contribution in [0.4, 0.5) is 5.13 Å². The standard InChI is InChI=1S/C28H25ClN2O6S/c1-15(2)10-12-37-19-9-6-16(13-21(19)35-3)24-23(25(32)20-5-4-11-36-20)26(33)27(34)31(24)28-30-18-8-7-17(29)14-22(18)38-28/h4-9,11,13-15,24,33H,10,12H2,1-3H3. The van der Waals surface area contributed by atoms with Gasteiger partial charge in [0.05, 0.1) is 41.8 Å². The Morgan fingerprint density at radius 1 is 1.21 bits per heavy atom. The molecule has 8 nitrogen and oxygen atoms in total. The summed E-state index contributed by atoms with van der Waals surface area (Å²) in [5.41, 5.74) is 1.05. The van der Waals surface area contributed by atoms with Crippen LogP contribution < -0.4 is 14.4 Å². The molecule has 4 aromatic rings. The number of rotatable bonds is 9. The lowest BCUT2D eigenvalue weighted by atomic mass is 9.95. The van der Waals surface area contributed by atoms with E-state index < -0.39 is 23.5 Å². The minimum absolute atomic E-state index is 0.00267. The van der Waals surface area contributed by atoms with E-state index in [1.54, 1.807) is 42.5 Å². The third-order valence-corrected chi connectivity index (χ3v) is 7.45. The molecular weight excluding hydrogens is 528 g/mol. The van der Waals surface area contributed by atoms with Gasteiger partial charge < -0.3 is 19.0 Å². The van der Waals surface area contributed by atoms with E-state index in [2.05, 4.69) is 18.8 Å². The fourth-order valence-electron chi connectivity index (χ4n) is 4.26. The number of benzene rings is 2. The summed E-state index contributed by atoms with van der Waals surface area (Å²) in [7, 11) is 1.52. The van der Waals surface area contributed by atoms with Crippen molar-refractivity contribution >= 4 is 50.0 Å². The van der Waals surface area contributed by atoms with Gasteiger partial charge in [-0.25, -0.2) is 4.98 Å². The van der Waals surface area contributed by atoms with Gasteiger partial charge in [-0.3, -0.25) is 14.5 Å². The third kappa shape index (κ3) is 4.75. The van der Waals surface area contributed by atoms with Crippen molar-refractivity contribution in [2.45, 2.75) is 26.3 Å². The van der Waals surface area contributed by atoms with E-state index in [1.807, 2.05) is 0 Å². The normalized spacial score (nSPS) is 15.7. The summed E-state index contributed by atoms with van der Waals surface area (Å²) in [4.78, 5) is 32.9. The Hall–Kier alpha value is -3.82. The maximum atomic E-state index is 13.5. The summed E-state index contributed by atoms with van der Waals surface area (Å²) in [6, 6.07) is 12.5. The minimum atomic E-state index is -0.991. The number of thiazole rings is 1. The molecule has 0 fully saturated rings. The third-order valence-electron chi connectivity index (χ3n) is 6.20. The van der Waals surface area contributed by atoms with Gasteiger partial charge in [-0.05, 0) is 60.4 Å². The number of furan rings is 1. The predicted octanol–water partition coefficient (Wildman–Crippen LogP) is 6.76. The van der Waals surface area contributed by atoms with Crippen LogP contribution in [0.2, 0.25) is 5.02 Å². The lowest BCUT2D eigenvalue weighted by molar-refractivity contribution is -0.117. The number of carbonyl (C=O) groups excluding carboxylic acids is 2. The van der Waals surface area contributed by atoms with Crippen molar-refractivity contribution in [1.29, 1.82) is 0 Å². The molecule has 38 heavy (non-hydrogen) atoms. The number of ketones is 1.